The third-order valence-electron chi connectivity index (χ3n) is 3.09. The van der Waals surface area contributed by atoms with Crippen LogP contribution in [0.5, 0.6) is 0 Å². The van der Waals surface area contributed by atoms with Gasteiger partial charge in [-0.1, -0.05) is 59.2 Å². The fourth-order valence-corrected chi connectivity index (χ4v) is 2.72. The summed E-state index contributed by atoms with van der Waals surface area (Å²) >= 11 is 7.56. The Morgan fingerprint density at radius 3 is 2.58 bits per heavy atom. The third-order valence-corrected chi connectivity index (χ3v) is 4.30. The summed E-state index contributed by atoms with van der Waals surface area (Å²) in [5, 5.41) is 14.3. The van der Waals surface area contributed by atoms with Crippen LogP contribution in [0.3, 0.4) is 0 Å². The lowest BCUT2D eigenvalue weighted by atomic mass is 10.2. The molecule has 0 saturated heterocycles. The number of halogens is 1. The van der Waals surface area contributed by atoms with Gasteiger partial charge in [0.05, 0.1) is 12.3 Å². The first kappa shape index (κ1) is 18.6. The largest absolute Gasteiger partial charge is 0.391 e. The first-order chi connectivity index (χ1) is 11.7. The van der Waals surface area contributed by atoms with E-state index in [1.807, 2.05) is 66.7 Å². The fraction of sp³-hybridized carbons (Fsp3) is 0.211. The minimum Gasteiger partial charge on any atom is -0.391 e. The van der Waals surface area contributed by atoms with Crippen molar-refractivity contribution in [3.8, 4) is 0 Å². The van der Waals surface area contributed by atoms with E-state index < -0.39 is 6.10 Å². The summed E-state index contributed by atoms with van der Waals surface area (Å²) in [7, 11) is 0. The summed E-state index contributed by atoms with van der Waals surface area (Å²) in [5.74, 6) is 0.843. The van der Waals surface area contributed by atoms with Gasteiger partial charge in [0.1, 0.15) is 6.61 Å². The summed E-state index contributed by atoms with van der Waals surface area (Å²) in [5.41, 5.74) is 1.04. The molecule has 24 heavy (non-hydrogen) atoms. The average Bonchev–Trinajstić information content (AvgIpc) is 2.61. The van der Waals surface area contributed by atoms with Crippen molar-refractivity contribution in [1.29, 1.82) is 0 Å². The van der Waals surface area contributed by atoms with Gasteiger partial charge in [0, 0.05) is 15.7 Å². The first-order valence-corrected chi connectivity index (χ1v) is 9.01. The molecule has 2 aromatic rings. The molecule has 0 aromatic heterocycles. The van der Waals surface area contributed by atoms with Crippen LogP contribution in [0.25, 0.3) is 0 Å². The molecule has 0 saturated carbocycles. The summed E-state index contributed by atoms with van der Waals surface area (Å²) in [6.07, 6.45) is 5.26. The Kier molecular flexibility index (Phi) is 8.46. The standard InChI is InChI=1S/C19H20ClNO2S/c20-17-9-11-19(12-10-17)24-13-5-4-8-18(22)14-21-23-15-16-6-2-1-3-7-16/h1-7,9-12,14,18,22H,8,13,15H2/b5-4+,21-14+. The first-order valence-electron chi connectivity index (χ1n) is 7.65. The van der Waals surface area contributed by atoms with Crippen LogP contribution in [0.1, 0.15) is 12.0 Å². The van der Waals surface area contributed by atoms with Crippen LogP contribution < -0.4 is 0 Å². The SMILES string of the molecule is OC(/C=N/OCc1ccccc1)C/C=C/CSc1ccc(Cl)cc1. The molecule has 0 amide bonds. The Hall–Kier alpha value is -1.75. The molecule has 0 spiro atoms. The molecular weight excluding hydrogens is 342 g/mol. The highest BCUT2D eigenvalue weighted by Crippen LogP contribution is 2.20. The second kappa shape index (κ2) is 10.9. The van der Waals surface area contributed by atoms with Crippen molar-refractivity contribution in [3.05, 3.63) is 77.3 Å². The molecule has 0 bridgehead atoms. The normalized spacial score (nSPS) is 12.8. The van der Waals surface area contributed by atoms with Gasteiger partial charge in [0.15, 0.2) is 0 Å². The highest BCUT2D eigenvalue weighted by atomic mass is 35.5. The molecule has 2 rings (SSSR count). The molecule has 3 nitrogen and oxygen atoms in total. The number of aliphatic hydroxyl groups is 1. The summed E-state index contributed by atoms with van der Waals surface area (Å²) in [6, 6.07) is 17.5. The van der Waals surface area contributed by atoms with Gasteiger partial charge in [-0.25, -0.2) is 0 Å². The number of rotatable bonds is 9. The molecule has 0 heterocycles. The molecule has 5 heteroatoms. The Labute approximate surface area is 152 Å². The summed E-state index contributed by atoms with van der Waals surface area (Å²) < 4.78 is 0. The van der Waals surface area contributed by atoms with E-state index in [0.29, 0.717) is 13.0 Å². The number of nitrogens with zero attached hydrogens (tertiary/aromatic N) is 1. The third kappa shape index (κ3) is 7.68. The average molecular weight is 362 g/mol. The maximum absolute atomic E-state index is 9.79. The number of thioether (sulfide) groups is 1. The van der Waals surface area contributed by atoms with E-state index in [1.165, 1.54) is 11.1 Å². The van der Waals surface area contributed by atoms with Crippen LogP contribution in [0.2, 0.25) is 5.02 Å². The molecule has 0 aliphatic carbocycles. The molecule has 1 unspecified atom stereocenters. The minimum absolute atomic E-state index is 0.400. The van der Waals surface area contributed by atoms with Crippen molar-refractivity contribution in [2.24, 2.45) is 5.16 Å². The van der Waals surface area contributed by atoms with E-state index in [-0.39, 0.29) is 0 Å². The Morgan fingerprint density at radius 1 is 1.08 bits per heavy atom. The van der Waals surface area contributed by atoms with Crippen molar-refractivity contribution in [2.75, 3.05) is 5.75 Å². The number of oxime groups is 1. The second-order valence-electron chi connectivity index (χ2n) is 5.05. The predicted molar refractivity (Wildman–Crippen MR) is 102 cm³/mol. The molecule has 0 radical (unpaired) electrons. The molecule has 2 aromatic carbocycles. The van der Waals surface area contributed by atoms with E-state index in [0.717, 1.165) is 16.3 Å². The monoisotopic (exact) mass is 361 g/mol. The van der Waals surface area contributed by atoms with Crippen molar-refractivity contribution < 1.29 is 9.94 Å². The van der Waals surface area contributed by atoms with E-state index in [1.54, 1.807) is 11.8 Å². The van der Waals surface area contributed by atoms with Gasteiger partial charge in [-0.15, -0.1) is 11.8 Å². The van der Waals surface area contributed by atoms with Crippen LogP contribution >= 0.6 is 23.4 Å². The van der Waals surface area contributed by atoms with Gasteiger partial charge >= 0.3 is 0 Å². The Bertz CT molecular complexity index is 644. The lowest BCUT2D eigenvalue weighted by Gasteiger charge is -2.02. The quantitative estimate of drug-likeness (QED) is 0.297. The van der Waals surface area contributed by atoms with E-state index in [4.69, 9.17) is 16.4 Å². The number of hydrogen-bond donors (Lipinski definition) is 1. The smallest absolute Gasteiger partial charge is 0.142 e. The predicted octanol–water partition coefficient (Wildman–Crippen LogP) is 4.94. The maximum Gasteiger partial charge on any atom is 0.142 e. The molecule has 1 atom stereocenters. The highest BCUT2D eigenvalue weighted by Gasteiger charge is 1.97. The summed E-state index contributed by atoms with van der Waals surface area (Å²) in [4.78, 5) is 6.32. The zero-order valence-corrected chi connectivity index (χ0v) is 14.8. The zero-order chi connectivity index (χ0) is 17.0. The van der Waals surface area contributed by atoms with Crippen LogP contribution in [0, 0.1) is 0 Å². The van der Waals surface area contributed by atoms with Crippen molar-refractivity contribution in [2.45, 2.75) is 24.0 Å². The number of benzene rings is 2. The topological polar surface area (TPSA) is 41.8 Å². The van der Waals surface area contributed by atoms with Gasteiger partial charge in [-0.2, -0.15) is 0 Å². The van der Waals surface area contributed by atoms with Crippen LogP contribution in [0.4, 0.5) is 0 Å². The van der Waals surface area contributed by atoms with Crippen molar-refractivity contribution >= 4 is 29.6 Å². The Balaban J connectivity index is 1.59. The minimum atomic E-state index is -0.641. The molecule has 0 aliphatic heterocycles. The van der Waals surface area contributed by atoms with Crippen LogP contribution in [0.15, 0.2) is 76.8 Å². The van der Waals surface area contributed by atoms with Gasteiger partial charge in [0.2, 0.25) is 0 Å². The van der Waals surface area contributed by atoms with Crippen molar-refractivity contribution in [3.63, 3.8) is 0 Å². The lowest BCUT2D eigenvalue weighted by molar-refractivity contribution is 0.127. The zero-order valence-electron chi connectivity index (χ0n) is 13.2. The second-order valence-corrected chi connectivity index (χ2v) is 6.58. The summed E-state index contributed by atoms with van der Waals surface area (Å²) in [6.45, 7) is 0.400. The van der Waals surface area contributed by atoms with E-state index in [9.17, 15) is 5.11 Å². The number of hydrogen-bond acceptors (Lipinski definition) is 4. The molecular formula is C19H20ClNO2S. The van der Waals surface area contributed by atoms with Crippen LogP contribution in [-0.2, 0) is 11.4 Å². The molecule has 0 fully saturated rings. The van der Waals surface area contributed by atoms with Gasteiger partial charge in [0.25, 0.3) is 0 Å². The van der Waals surface area contributed by atoms with Crippen LogP contribution in [-0.4, -0.2) is 23.2 Å². The number of aliphatic hydroxyl groups excluding tert-OH is 1. The lowest BCUT2D eigenvalue weighted by Crippen LogP contribution is -2.06. The van der Waals surface area contributed by atoms with Gasteiger partial charge in [-0.05, 0) is 36.2 Å². The van der Waals surface area contributed by atoms with Gasteiger partial charge < -0.3 is 9.94 Å². The molecule has 0 aliphatic rings. The van der Waals surface area contributed by atoms with E-state index in [2.05, 4.69) is 5.16 Å². The highest BCUT2D eigenvalue weighted by molar-refractivity contribution is 7.99. The van der Waals surface area contributed by atoms with Gasteiger partial charge in [-0.3, -0.25) is 0 Å². The van der Waals surface area contributed by atoms with E-state index >= 15 is 0 Å². The fourth-order valence-electron chi connectivity index (χ4n) is 1.84. The molecule has 1 N–H and O–H groups in total. The van der Waals surface area contributed by atoms with Crippen molar-refractivity contribution in [1.82, 2.24) is 0 Å². The maximum atomic E-state index is 9.79. The Morgan fingerprint density at radius 2 is 1.83 bits per heavy atom. The molecule has 126 valence electrons.